The van der Waals surface area contributed by atoms with Crippen LogP contribution < -0.4 is 4.74 Å². The van der Waals surface area contributed by atoms with Gasteiger partial charge in [-0.05, 0) is 56.9 Å². The van der Waals surface area contributed by atoms with Gasteiger partial charge >= 0.3 is 6.09 Å². The molecule has 0 bridgehead atoms. The zero-order valence-electron chi connectivity index (χ0n) is 25.4. The van der Waals surface area contributed by atoms with Crippen molar-refractivity contribution in [3.8, 4) is 22.2 Å². The van der Waals surface area contributed by atoms with Gasteiger partial charge in [0.25, 0.3) is 0 Å². The van der Waals surface area contributed by atoms with Gasteiger partial charge in [-0.15, -0.1) is 11.3 Å². The number of ether oxygens (including phenoxy) is 2. The van der Waals surface area contributed by atoms with Gasteiger partial charge in [0.2, 0.25) is 0 Å². The summed E-state index contributed by atoms with van der Waals surface area (Å²) in [7, 11) is 1.91. The third-order valence-corrected chi connectivity index (χ3v) is 7.57. The molecule has 3 aromatic heterocycles. The summed E-state index contributed by atoms with van der Waals surface area (Å²) in [5.74, 6) is 1.10. The van der Waals surface area contributed by atoms with Crippen LogP contribution in [0.15, 0.2) is 42.7 Å². The lowest BCUT2D eigenvalue weighted by Gasteiger charge is -2.27. The minimum absolute atomic E-state index is 0.0787. The molecule has 0 fully saturated rings. The highest BCUT2D eigenvalue weighted by Gasteiger charge is 2.24. The number of nitrogens with zero attached hydrogens (tertiary/aromatic N) is 4. The van der Waals surface area contributed by atoms with E-state index in [9.17, 15) is 14.0 Å². The fourth-order valence-electron chi connectivity index (χ4n) is 4.56. The molecule has 8 nitrogen and oxygen atoms in total. The highest BCUT2D eigenvalue weighted by Crippen LogP contribution is 2.39. The summed E-state index contributed by atoms with van der Waals surface area (Å²) in [6.45, 7) is 12.5. The van der Waals surface area contributed by atoms with E-state index in [1.807, 2.05) is 59.2 Å². The van der Waals surface area contributed by atoms with Crippen molar-refractivity contribution in [2.45, 2.75) is 73.0 Å². The Balaban J connectivity index is 1.55. The standard InChI is InChI=1S/C32H39FN4O4S/c1-8-13-37(31(39)41-32(4,5)6)19-22-18-35-30(36(22)7)28-17-25-29(42-28)27(11-12-34-25)40-26-10-9-21(16-24(26)33)15-23(38)14-20(2)3/h9-12,16-18,20H,8,13-15,19H2,1-7H3. The number of carbonyl (C=O) groups excluding carboxylic acids is 2. The van der Waals surface area contributed by atoms with Crippen LogP contribution in [0.3, 0.4) is 0 Å². The largest absolute Gasteiger partial charge is 0.453 e. The van der Waals surface area contributed by atoms with Crippen molar-refractivity contribution < 1.29 is 23.5 Å². The molecule has 1 aromatic carbocycles. The lowest BCUT2D eigenvalue weighted by atomic mass is 10.0. The number of halogens is 1. The number of hydrogen-bond acceptors (Lipinski definition) is 7. The number of imidazole rings is 1. The van der Waals surface area contributed by atoms with Gasteiger partial charge in [-0.2, -0.15) is 0 Å². The number of amides is 1. The lowest BCUT2D eigenvalue weighted by molar-refractivity contribution is -0.119. The van der Waals surface area contributed by atoms with Gasteiger partial charge in [0.05, 0.1) is 33.5 Å². The van der Waals surface area contributed by atoms with Crippen LogP contribution in [0, 0.1) is 11.7 Å². The van der Waals surface area contributed by atoms with Crippen LogP contribution in [-0.4, -0.2) is 43.5 Å². The molecule has 0 spiro atoms. The highest BCUT2D eigenvalue weighted by molar-refractivity contribution is 7.22. The second kappa shape index (κ2) is 13.0. The number of thiophene rings is 1. The Morgan fingerprint density at radius 3 is 2.55 bits per heavy atom. The first-order valence-electron chi connectivity index (χ1n) is 14.2. The zero-order valence-corrected chi connectivity index (χ0v) is 26.2. The summed E-state index contributed by atoms with van der Waals surface area (Å²) >= 11 is 1.45. The van der Waals surface area contributed by atoms with Crippen LogP contribution >= 0.6 is 11.3 Å². The maximum atomic E-state index is 15.0. The number of benzene rings is 1. The average Bonchev–Trinajstić information content (AvgIpc) is 3.47. The smallest absolute Gasteiger partial charge is 0.410 e. The van der Waals surface area contributed by atoms with Crippen LogP contribution in [-0.2, 0) is 29.5 Å². The van der Waals surface area contributed by atoms with Gasteiger partial charge in [-0.25, -0.2) is 14.2 Å². The molecule has 0 aliphatic rings. The normalized spacial score (nSPS) is 11.7. The first-order chi connectivity index (χ1) is 19.8. The topological polar surface area (TPSA) is 86.5 Å². The van der Waals surface area contributed by atoms with E-state index in [2.05, 4.69) is 9.97 Å². The number of carbonyl (C=O) groups is 2. The molecule has 3 heterocycles. The van der Waals surface area contributed by atoms with Crippen molar-refractivity contribution in [1.82, 2.24) is 19.4 Å². The first kappa shape index (κ1) is 31.2. The first-order valence-corrected chi connectivity index (χ1v) is 15.0. The summed E-state index contributed by atoms with van der Waals surface area (Å²) in [4.78, 5) is 36.6. The predicted molar refractivity (Wildman–Crippen MR) is 163 cm³/mol. The Hall–Kier alpha value is -3.79. The third kappa shape index (κ3) is 7.73. The van der Waals surface area contributed by atoms with Gasteiger partial charge in [-0.1, -0.05) is 26.8 Å². The summed E-state index contributed by atoms with van der Waals surface area (Å²) < 4.78 is 29.3. The molecule has 0 aliphatic carbocycles. The highest BCUT2D eigenvalue weighted by atomic mass is 32.1. The molecular weight excluding hydrogens is 555 g/mol. The number of fused-ring (bicyclic) bond motifs is 1. The molecule has 1 amide bonds. The maximum absolute atomic E-state index is 15.0. The van der Waals surface area contributed by atoms with Crippen LogP contribution in [0.2, 0.25) is 0 Å². The number of ketones is 1. The molecule has 0 unspecified atom stereocenters. The molecule has 0 radical (unpaired) electrons. The number of pyridine rings is 1. The van der Waals surface area contributed by atoms with Gasteiger partial charge in [0.15, 0.2) is 11.6 Å². The minimum atomic E-state index is -0.581. The van der Waals surface area contributed by atoms with Crippen molar-refractivity contribution in [3.63, 3.8) is 0 Å². The predicted octanol–water partition coefficient (Wildman–Crippen LogP) is 7.93. The number of Topliss-reactive ketones (excluding diaryl/α,β-unsaturated/α-hetero) is 1. The summed E-state index contributed by atoms with van der Waals surface area (Å²) in [5, 5.41) is 0. The van der Waals surface area contributed by atoms with Gasteiger partial charge < -0.3 is 18.9 Å². The maximum Gasteiger partial charge on any atom is 0.410 e. The van der Waals surface area contributed by atoms with E-state index in [4.69, 9.17) is 9.47 Å². The summed E-state index contributed by atoms with van der Waals surface area (Å²) in [6, 6.07) is 8.28. The molecule has 0 saturated heterocycles. The van der Waals surface area contributed by atoms with Crippen LogP contribution in [0.4, 0.5) is 9.18 Å². The average molecular weight is 595 g/mol. The van der Waals surface area contributed by atoms with Crippen molar-refractivity contribution >= 4 is 33.4 Å². The van der Waals surface area contributed by atoms with E-state index in [-0.39, 0.29) is 30.0 Å². The molecule has 4 aromatic rings. The van der Waals surface area contributed by atoms with Crippen molar-refractivity contribution in [2.75, 3.05) is 6.54 Å². The Kier molecular flexibility index (Phi) is 9.66. The molecule has 0 N–H and O–H groups in total. The zero-order chi connectivity index (χ0) is 30.6. The molecular formula is C32H39FN4O4S. The third-order valence-electron chi connectivity index (χ3n) is 6.43. The fraction of sp³-hybridized carbons (Fsp3) is 0.438. The second-order valence-electron chi connectivity index (χ2n) is 11.8. The Labute approximate surface area is 250 Å². The van der Waals surface area contributed by atoms with E-state index >= 15 is 0 Å². The van der Waals surface area contributed by atoms with Gasteiger partial charge in [0, 0.05) is 38.7 Å². The monoisotopic (exact) mass is 594 g/mol. The van der Waals surface area contributed by atoms with Crippen LogP contribution in [0.25, 0.3) is 20.9 Å². The molecule has 42 heavy (non-hydrogen) atoms. The Bertz CT molecular complexity index is 1570. The van der Waals surface area contributed by atoms with E-state index in [0.717, 1.165) is 27.5 Å². The molecule has 10 heteroatoms. The molecule has 0 saturated carbocycles. The quantitative estimate of drug-likeness (QED) is 0.175. The molecule has 224 valence electrons. The van der Waals surface area contributed by atoms with Crippen molar-refractivity contribution in [3.05, 3.63) is 59.8 Å². The van der Waals surface area contributed by atoms with Crippen LogP contribution in [0.1, 0.15) is 65.6 Å². The fourth-order valence-corrected chi connectivity index (χ4v) is 5.66. The van der Waals surface area contributed by atoms with Gasteiger partial charge in [0.1, 0.15) is 23.0 Å². The molecule has 4 rings (SSSR count). The SMILES string of the molecule is CCCN(Cc1cnc(-c2cc3nccc(Oc4ccc(CC(=O)CC(C)C)cc4F)c3s2)n1C)C(=O)OC(C)(C)C. The van der Waals surface area contributed by atoms with Crippen molar-refractivity contribution in [1.29, 1.82) is 0 Å². The summed E-state index contributed by atoms with van der Waals surface area (Å²) in [6.07, 6.45) is 4.49. The van der Waals surface area contributed by atoms with Crippen molar-refractivity contribution in [2.24, 2.45) is 13.0 Å². The lowest BCUT2D eigenvalue weighted by Crippen LogP contribution is -2.37. The Morgan fingerprint density at radius 1 is 1.12 bits per heavy atom. The van der Waals surface area contributed by atoms with E-state index in [0.29, 0.717) is 36.3 Å². The second-order valence-corrected chi connectivity index (χ2v) is 12.9. The Morgan fingerprint density at radius 2 is 1.88 bits per heavy atom. The number of aromatic nitrogens is 3. The minimum Gasteiger partial charge on any atom is -0.453 e. The van der Waals surface area contributed by atoms with Gasteiger partial charge in [-0.3, -0.25) is 9.78 Å². The molecule has 0 aliphatic heterocycles. The van der Waals surface area contributed by atoms with E-state index in [1.54, 1.807) is 35.5 Å². The van der Waals surface area contributed by atoms with Crippen LogP contribution in [0.5, 0.6) is 11.5 Å². The number of hydrogen-bond donors (Lipinski definition) is 0. The van der Waals surface area contributed by atoms with E-state index < -0.39 is 11.4 Å². The number of rotatable bonds is 11. The molecule has 0 atom stereocenters. The summed E-state index contributed by atoms with van der Waals surface area (Å²) in [5.41, 5.74) is 1.61. The van der Waals surface area contributed by atoms with E-state index in [1.165, 1.54) is 17.4 Å².